The van der Waals surface area contributed by atoms with Gasteiger partial charge < -0.3 is 21.1 Å². The van der Waals surface area contributed by atoms with Crippen LogP contribution in [0.3, 0.4) is 0 Å². The number of hydrogen-bond donors (Lipinski definition) is 3. The van der Waals surface area contributed by atoms with Gasteiger partial charge in [0.2, 0.25) is 0 Å². The average molecular weight is 529 g/mol. The summed E-state index contributed by atoms with van der Waals surface area (Å²) >= 11 is 0. The maximum absolute atomic E-state index is 10.9. The van der Waals surface area contributed by atoms with Crippen LogP contribution in [-0.2, 0) is 11.3 Å². The van der Waals surface area contributed by atoms with E-state index < -0.39 is 5.91 Å². The fraction of sp³-hybridized carbons (Fsp3) is 0.636. The van der Waals surface area contributed by atoms with E-state index in [0.717, 1.165) is 24.1 Å². The molecule has 1 aliphatic heterocycles. The van der Waals surface area contributed by atoms with Crippen molar-refractivity contribution in [1.82, 2.24) is 15.5 Å². The SMILES string of the molecule is CN=C(NCc1cccc(OCC(N)=O)c1)NC1CCCN(C2CCCCC2)C1.I. The number of amides is 1. The highest BCUT2D eigenvalue weighted by Crippen LogP contribution is 2.25. The smallest absolute Gasteiger partial charge is 0.255 e. The van der Waals surface area contributed by atoms with Gasteiger partial charge in [-0.1, -0.05) is 31.4 Å². The number of carbonyl (C=O) groups excluding carboxylic acids is 1. The van der Waals surface area contributed by atoms with Crippen LogP contribution >= 0.6 is 24.0 Å². The maximum Gasteiger partial charge on any atom is 0.255 e. The zero-order valence-electron chi connectivity index (χ0n) is 17.9. The normalized spacial score (nSPS) is 20.8. The number of nitrogens with two attached hydrogens (primary N) is 1. The van der Waals surface area contributed by atoms with Crippen molar-refractivity contribution in [2.24, 2.45) is 10.7 Å². The second-order valence-electron chi connectivity index (χ2n) is 8.10. The van der Waals surface area contributed by atoms with Crippen LogP contribution in [0.5, 0.6) is 5.75 Å². The van der Waals surface area contributed by atoms with Gasteiger partial charge in [0.05, 0.1) is 0 Å². The third kappa shape index (κ3) is 7.94. The molecule has 1 atom stereocenters. The summed E-state index contributed by atoms with van der Waals surface area (Å²) in [5, 5.41) is 7.00. The largest absolute Gasteiger partial charge is 0.484 e. The molecular formula is C22H36IN5O2. The number of aliphatic imine (C=N–C) groups is 1. The summed E-state index contributed by atoms with van der Waals surface area (Å²) in [6, 6.07) is 8.86. The predicted molar refractivity (Wildman–Crippen MR) is 131 cm³/mol. The minimum absolute atomic E-state index is 0. The molecule has 0 radical (unpaired) electrons. The van der Waals surface area contributed by atoms with Crippen molar-refractivity contribution in [3.05, 3.63) is 29.8 Å². The molecule has 1 saturated heterocycles. The molecule has 30 heavy (non-hydrogen) atoms. The van der Waals surface area contributed by atoms with Crippen molar-refractivity contribution < 1.29 is 9.53 Å². The fourth-order valence-corrected chi connectivity index (χ4v) is 4.38. The summed E-state index contributed by atoms with van der Waals surface area (Å²) in [5.74, 6) is 0.985. The Kier molecular flexibility index (Phi) is 10.7. The molecule has 8 heteroatoms. The quantitative estimate of drug-likeness (QED) is 0.287. The molecular weight excluding hydrogens is 493 g/mol. The lowest BCUT2D eigenvalue weighted by atomic mass is 9.92. The van der Waals surface area contributed by atoms with Gasteiger partial charge >= 0.3 is 0 Å². The molecule has 1 saturated carbocycles. The zero-order chi connectivity index (χ0) is 20.5. The van der Waals surface area contributed by atoms with Crippen LogP contribution in [0, 0.1) is 0 Å². The maximum atomic E-state index is 10.9. The summed E-state index contributed by atoms with van der Waals surface area (Å²) in [7, 11) is 1.81. The number of halogens is 1. The topological polar surface area (TPSA) is 92.0 Å². The van der Waals surface area contributed by atoms with Crippen molar-refractivity contribution in [2.45, 2.75) is 63.6 Å². The van der Waals surface area contributed by atoms with E-state index in [2.05, 4.69) is 20.5 Å². The highest BCUT2D eigenvalue weighted by Gasteiger charge is 2.27. The van der Waals surface area contributed by atoms with E-state index in [1.165, 1.54) is 51.5 Å². The van der Waals surface area contributed by atoms with Crippen molar-refractivity contribution in [2.75, 3.05) is 26.7 Å². The van der Waals surface area contributed by atoms with Gasteiger partial charge in [-0.05, 0) is 49.9 Å². The van der Waals surface area contributed by atoms with E-state index >= 15 is 0 Å². The fourth-order valence-electron chi connectivity index (χ4n) is 4.38. The summed E-state index contributed by atoms with van der Waals surface area (Å²) in [5.41, 5.74) is 6.19. The number of primary amides is 1. The number of benzene rings is 1. The Hall–Kier alpha value is -1.55. The van der Waals surface area contributed by atoms with E-state index in [9.17, 15) is 4.79 Å². The molecule has 2 fully saturated rings. The average Bonchev–Trinajstić information content (AvgIpc) is 2.76. The van der Waals surface area contributed by atoms with Crippen LogP contribution in [0.4, 0.5) is 0 Å². The molecule has 1 aliphatic carbocycles. The Morgan fingerprint density at radius 1 is 1.23 bits per heavy atom. The molecule has 1 heterocycles. The number of nitrogens with one attached hydrogen (secondary N) is 2. The Morgan fingerprint density at radius 2 is 2.03 bits per heavy atom. The highest BCUT2D eigenvalue weighted by molar-refractivity contribution is 14.0. The van der Waals surface area contributed by atoms with E-state index in [1.54, 1.807) is 0 Å². The minimum atomic E-state index is -0.479. The molecule has 1 amide bonds. The van der Waals surface area contributed by atoms with E-state index in [0.29, 0.717) is 18.3 Å². The molecule has 1 aromatic rings. The van der Waals surface area contributed by atoms with Gasteiger partial charge in [0.25, 0.3) is 5.91 Å². The molecule has 1 unspecified atom stereocenters. The first-order valence-corrected chi connectivity index (χ1v) is 10.9. The lowest BCUT2D eigenvalue weighted by Crippen LogP contribution is -2.53. The van der Waals surface area contributed by atoms with Crippen LogP contribution in [0.1, 0.15) is 50.5 Å². The summed E-state index contributed by atoms with van der Waals surface area (Å²) < 4.78 is 5.38. The number of likely N-dealkylation sites (tertiary alicyclic amines) is 1. The third-order valence-electron chi connectivity index (χ3n) is 5.85. The molecule has 0 bridgehead atoms. The Labute approximate surface area is 197 Å². The lowest BCUT2D eigenvalue weighted by Gasteiger charge is -2.40. The first-order valence-electron chi connectivity index (χ1n) is 10.9. The van der Waals surface area contributed by atoms with E-state index in [4.69, 9.17) is 10.5 Å². The van der Waals surface area contributed by atoms with Crippen molar-refractivity contribution >= 4 is 35.8 Å². The standard InChI is InChI=1S/C22H35N5O2.HI/c1-24-22(25-14-17-7-5-11-20(13-17)29-16-21(23)28)26-18-8-6-12-27(15-18)19-9-3-2-4-10-19;/h5,7,11,13,18-19H,2-4,6,8-10,12,14-16H2,1H3,(H2,23,28)(H2,24,25,26);1H. The first kappa shape index (κ1) is 24.7. The van der Waals surface area contributed by atoms with Gasteiger partial charge in [0.1, 0.15) is 5.75 Å². The van der Waals surface area contributed by atoms with Crippen LogP contribution in [-0.4, -0.2) is 55.6 Å². The zero-order valence-corrected chi connectivity index (χ0v) is 20.3. The molecule has 0 aromatic heterocycles. The molecule has 3 rings (SSSR count). The predicted octanol–water partition coefficient (Wildman–Crippen LogP) is 2.63. The van der Waals surface area contributed by atoms with Crippen LogP contribution in [0.25, 0.3) is 0 Å². The number of hydrogen-bond acceptors (Lipinski definition) is 4. The molecule has 168 valence electrons. The summed E-state index contributed by atoms with van der Waals surface area (Å²) in [6.07, 6.45) is 9.29. The van der Waals surface area contributed by atoms with Crippen molar-refractivity contribution in [3.8, 4) is 5.75 Å². The first-order chi connectivity index (χ1) is 14.1. The molecule has 4 N–H and O–H groups in total. The highest BCUT2D eigenvalue weighted by atomic mass is 127. The van der Waals surface area contributed by atoms with Crippen molar-refractivity contribution in [1.29, 1.82) is 0 Å². The summed E-state index contributed by atoms with van der Waals surface area (Å²) in [6.45, 7) is 2.85. The van der Waals surface area contributed by atoms with Gasteiger partial charge in [-0.2, -0.15) is 0 Å². The molecule has 2 aliphatic rings. The Morgan fingerprint density at radius 3 is 2.77 bits per heavy atom. The van der Waals surface area contributed by atoms with Crippen LogP contribution < -0.4 is 21.1 Å². The number of ether oxygens (including phenoxy) is 1. The number of carbonyl (C=O) groups is 1. The number of piperidine rings is 1. The third-order valence-corrected chi connectivity index (χ3v) is 5.85. The lowest BCUT2D eigenvalue weighted by molar-refractivity contribution is -0.119. The number of rotatable bonds is 7. The van der Waals surface area contributed by atoms with Gasteiger partial charge in [-0.3, -0.25) is 14.7 Å². The number of nitrogens with zero attached hydrogens (tertiary/aromatic N) is 2. The van der Waals surface area contributed by atoms with Gasteiger partial charge in [-0.15, -0.1) is 24.0 Å². The molecule has 0 spiro atoms. The Bertz CT molecular complexity index is 694. The molecule has 7 nitrogen and oxygen atoms in total. The summed E-state index contributed by atoms with van der Waals surface area (Å²) in [4.78, 5) is 18.0. The molecule has 1 aromatic carbocycles. The van der Waals surface area contributed by atoms with Gasteiger partial charge in [0.15, 0.2) is 12.6 Å². The second kappa shape index (κ2) is 13.0. The van der Waals surface area contributed by atoms with Crippen LogP contribution in [0.2, 0.25) is 0 Å². The Balaban J connectivity index is 0.00000320. The number of guanidine groups is 1. The van der Waals surface area contributed by atoms with Crippen molar-refractivity contribution in [3.63, 3.8) is 0 Å². The van der Waals surface area contributed by atoms with Gasteiger partial charge in [0, 0.05) is 32.2 Å². The van der Waals surface area contributed by atoms with E-state index in [1.807, 2.05) is 31.3 Å². The minimum Gasteiger partial charge on any atom is -0.484 e. The monoisotopic (exact) mass is 529 g/mol. The van der Waals surface area contributed by atoms with E-state index in [-0.39, 0.29) is 30.6 Å². The second-order valence-corrected chi connectivity index (χ2v) is 8.10. The van der Waals surface area contributed by atoms with Gasteiger partial charge in [-0.25, -0.2) is 0 Å². The van der Waals surface area contributed by atoms with Crippen LogP contribution in [0.15, 0.2) is 29.3 Å².